The molecule has 0 saturated carbocycles. The van der Waals surface area contributed by atoms with Crippen LogP contribution in [0.25, 0.3) is 11.3 Å². The van der Waals surface area contributed by atoms with E-state index in [4.69, 9.17) is 9.47 Å². The van der Waals surface area contributed by atoms with E-state index in [1.165, 1.54) is 6.20 Å². The molecule has 4 rings (SSSR count). The molecule has 0 aliphatic carbocycles. The molecule has 0 unspecified atom stereocenters. The highest BCUT2D eigenvalue weighted by Gasteiger charge is 2.24. The molecule has 1 saturated heterocycles. The first-order chi connectivity index (χ1) is 16.5. The first-order valence-corrected chi connectivity index (χ1v) is 11.0. The van der Waals surface area contributed by atoms with Crippen molar-refractivity contribution in [1.82, 2.24) is 25.1 Å². The zero-order valence-electron chi connectivity index (χ0n) is 19.5. The van der Waals surface area contributed by atoms with Gasteiger partial charge < -0.3 is 19.7 Å². The van der Waals surface area contributed by atoms with Gasteiger partial charge in [-0.2, -0.15) is 10.4 Å². The Balaban J connectivity index is 1.38. The summed E-state index contributed by atoms with van der Waals surface area (Å²) >= 11 is 0. The van der Waals surface area contributed by atoms with E-state index >= 15 is 0 Å². The lowest BCUT2D eigenvalue weighted by atomic mass is 9.96. The summed E-state index contributed by atoms with van der Waals surface area (Å²) in [5.41, 5.74) is 2.20. The van der Waals surface area contributed by atoms with Crippen LogP contribution in [0.3, 0.4) is 0 Å². The predicted octanol–water partition coefficient (Wildman–Crippen LogP) is 2.41. The van der Waals surface area contributed by atoms with Crippen molar-refractivity contribution < 1.29 is 14.3 Å². The largest absolute Gasteiger partial charge is 0.497 e. The van der Waals surface area contributed by atoms with Gasteiger partial charge in [0.2, 0.25) is 0 Å². The highest BCUT2D eigenvalue weighted by Crippen LogP contribution is 2.33. The lowest BCUT2D eigenvalue weighted by Crippen LogP contribution is -2.39. The van der Waals surface area contributed by atoms with E-state index in [0.717, 1.165) is 31.5 Å². The third kappa shape index (κ3) is 4.78. The van der Waals surface area contributed by atoms with E-state index in [0.29, 0.717) is 46.9 Å². The number of methoxy groups -OCH3 is 2. The number of nitrogens with one attached hydrogen (secondary N) is 1. The molecule has 10 heteroatoms. The van der Waals surface area contributed by atoms with Crippen LogP contribution in [0, 0.1) is 17.2 Å². The average molecular weight is 462 g/mol. The van der Waals surface area contributed by atoms with Crippen LogP contribution in [0.1, 0.15) is 29.0 Å². The molecular formula is C24H27N7O3. The number of carbonyl (C=O) groups excluding carboxylic acids is 1. The third-order valence-electron chi connectivity index (χ3n) is 6.05. The number of nitriles is 1. The minimum Gasteiger partial charge on any atom is -0.497 e. The maximum absolute atomic E-state index is 12.9. The SMILES string of the molecule is COc1ccc(OC)c(-c2cc(C(=O)NCC3CCN(c4nccnc4C#N)CC3)n(C)n2)c1. The van der Waals surface area contributed by atoms with Crippen molar-refractivity contribution in [3.8, 4) is 28.8 Å². The number of piperidine rings is 1. The molecule has 1 aliphatic heterocycles. The summed E-state index contributed by atoms with van der Waals surface area (Å²) in [7, 11) is 4.94. The highest BCUT2D eigenvalue weighted by atomic mass is 16.5. The molecule has 34 heavy (non-hydrogen) atoms. The van der Waals surface area contributed by atoms with Gasteiger partial charge in [0.05, 0.1) is 19.9 Å². The predicted molar refractivity (Wildman–Crippen MR) is 126 cm³/mol. The molecule has 0 atom stereocenters. The maximum Gasteiger partial charge on any atom is 0.269 e. The first-order valence-electron chi connectivity index (χ1n) is 11.0. The fourth-order valence-corrected chi connectivity index (χ4v) is 4.14. The lowest BCUT2D eigenvalue weighted by molar-refractivity contribution is 0.0935. The second kappa shape index (κ2) is 10.2. The minimum absolute atomic E-state index is 0.175. The Morgan fingerprint density at radius 3 is 2.65 bits per heavy atom. The third-order valence-corrected chi connectivity index (χ3v) is 6.05. The Bertz CT molecular complexity index is 1210. The second-order valence-electron chi connectivity index (χ2n) is 8.09. The number of anilines is 1. The van der Waals surface area contributed by atoms with Gasteiger partial charge in [-0.3, -0.25) is 9.48 Å². The Morgan fingerprint density at radius 2 is 1.94 bits per heavy atom. The number of aryl methyl sites for hydroxylation is 1. The average Bonchev–Trinajstić information content (AvgIpc) is 3.28. The molecule has 0 radical (unpaired) electrons. The monoisotopic (exact) mass is 461 g/mol. The topological polar surface area (TPSA) is 118 Å². The van der Waals surface area contributed by atoms with Crippen molar-refractivity contribution in [1.29, 1.82) is 5.26 Å². The lowest BCUT2D eigenvalue weighted by Gasteiger charge is -2.32. The van der Waals surface area contributed by atoms with Crippen molar-refractivity contribution in [2.45, 2.75) is 12.8 Å². The number of aromatic nitrogens is 4. The molecule has 1 aromatic carbocycles. The minimum atomic E-state index is -0.175. The van der Waals surface area contributed by atoms with Crippen LogP contribution in [0.2, 0.25) is 0 Å². The maximum atomic E-state index is 12.9. The Hall–Kier alpha value is -4.13. The molecule has 2 aromatic heterocycles. The molecule has 10 nitrogen and oxygen atoms in total. The zero-order valence-corrected chi connectivity index (χ0v) is 19.5. The molecule has 1 aliphatic rings. The molecule has 1 amide bonds. The first kappa shape index (κ1) is 23.0. The fraction of sp³-hybridized carbons (Fsp3) is 0.375. The Labute approximate surface area is 198 Å². The van der Waals surface area contributed by atoms with Gasteiger partial charge in [0, 0.05) is 44.6 Å². The molecule has 1 N–H and O–H groups in total. The van der Waals surface area contributed by atoms with Crippen LogP contribution in [-0.4, -0.2) is 59.5 Å². The standard InChI is InChI=1S/C24H27N7O3/c1-30-21(13-19(29-30)18-12-17(33-2)4-5-22(18)34-3)24(32)28-15-16-6-10-31(11-7-16)23-20(14-25)26-8-9-27-23/h4-5,8-9,12-13,16H,6-7,10-11,15H2,1-3H3,(H,28,32). The van der Waals surface area contributed by atoms with Gasteiger partial charge in [-0.05, 0) is 43.0 Å². The second-order valence-corrected chi connectivity index (χ2v) is 8.09. The van der Waals surface area contributed by atoms with Crippen LogP contribution in [-0.2, 0) is 7.05 Å². The number of hydrogen-bond acceptors (Lipinski definition) is 8. The number of ether oxygens (including phenoxy) is 2. The number of nitrogens with zero attached hydrogens (tertiary/aromatic N) is 6. The van der Waals surface area contributed by atoms with Crippen LogP contribution in [0.5, 0.6) is 11.5 Å². The van der Waals surface area contributed by atoms with Gasteiger partial charge in [0.15, 0.2) is 11.5 Å². The van der Waals surface area contributed by atoms with E-state index < -0.39 is 0 Å². The number of amides is 1. The molecule has 176 valence electrons. The van der Waals surface area contributed by atoms with Gasteiger partial charge in [0.25, 0.3) is 5.91 Å². The van der Waals surface area contributed by atoms with E-state index in [1.807, 2.05) is 18.2 Å². The molecule has 1 fully saturated rings. The number of benzene rings is 1. The van der Waals surface area contributed by atoms with E-state index in [1.54, 1.807) is 38.2 Å². The molecule has 0 bridgehead atoms. The van der Waals surface area contributed by atoms with E-state index in [9.17, 15) is 10.1 Å². The Morgan fingerprint density at radius 1 is 1.18 bits per heavy atom. The fourth-order valence-electron chi connectivity index (χ4n) is 4.14. The number of carbonyl (C=O) groups is 1. The van der Waals surface area contributed by atoms with Crippen molar-refractivity contribution >= 4 is 11.7 Å². The quantitative estimate of drug-likeness (QED) is 0.570. The summed E-state index contributed by atoms with van der Waals surface area (Å²) in [6.45, 7) is 2.10. The van der Waals surface area contributed by atoms with Crippen molar-refractivity contribution in [3.63, 3.8) is 0 Å². The van der Waals surface area contributed by atoms with Crippen LogP contribution in [0.4, 0.5) is 5.82 Å². The summed E-state index contributed by atoms with van der Waals surface area (Å²) in [6.07, 6.45) is 4.91. The highest BCUT2D eigenvalue weighted by molar-refractivity contribution is 5.94. The van der Waals surface area contributed by atoms with Crippen LogP contribution in [0.15, 0.2) is 36.7 Å². The van der Waals surface area contributed by atoms with Gasteiger partial charge in [-0.1, -0.05) is 0 Å². The van der Waals surface area contributed by atoms with Gasteiger partial charge in [-0.25, -0.2) is 9.97 Å². The van der Waals surface area contributed by atoms with Gasteiger partial charge in [-0.15, -0.1) is 0 Å². The summed E-state index contributed by atoms with van der Waals surface area (Å²) in [4.78, 5) is 23.4. The smallest absolute Gasteiger partial charge is 0.269 e. The summed E-state index contributed by atoms with van der Waals surface area (Å²) in [5.74, 6) is 2.13. The molecule has 3 heterocycles. The van der Waals surface area contributed by atoms with Crippen molar-refractivity contribution in [2.24, 2.45) is 13.0 Å². The number of hydrogen-bond donors (Lipinski definition) is 1. The van der Waals surface area contributed by atoms with Crippen LogP contribution >= 0.6 is 0 Å². The Kier molecular flexibility index (Phi) is 6.92. The van der Waals surface area contributed by atoms with Crippen LogP contribution < -0.4 is 19.7 Å². The summed E-state index contributed by atoms with van der Waals surface area (Å²) in [6, 6.07) is 9.33. The number of rotatable bonds is 7. The normalized spacial score (nSPS) is 13.9. The molecule has 3 aromatic rings. The zero-order chi connectivity index (χ0) is 24.1. The van der Waals surface area contributed by atoms with Gasteiger partial charge in [0.1, 0.15) is 23.3 Å². The molecular weight excluding hydrogens is 434 g/mol. The van der Waals surface area contributed by atoms with Gasteiger partial charge >= 0.3 is 0 Å². The molecule has 0 spiro atoms. The van der Waals surface area contributed by atoms with E-state index in [2.05, 4.69) is 31.4 Å². The summed E-state index contributed by atoms with van der Waals surface area (Å²) < 4.78 is 12.3. The van der Waals surface area contributed by atoms with Crippen molar-refractivity contribution in [3.05, 3.63) is 48.0 Å². The van der Waals surface area contributed by atoms with E-state index in [-0.39, 0.29) is 5.91 Å². The summed E-state index contributed by atoms with van der Waals surface area (Å²) in [5, 5.41) is 16.8. The van der Waals surface area contributed by atoms with Crippen molar-refractivity contribution in [2.75, 3.05) is 38.8 Å².